The van der Waals surface area contributed by atoms with Crippen LogP contribution in [0.5, 0.6) is 0 Å². The Morgan fingerprint density at radius 2 is 1.95 bits per heavy atom. The molecule has 2 rings (SSSR count). The maximum Gasteiger partial charge on any atom is 0.316 e. The molecule has 0 saturated heterocycles. The molecule has 1 aliphatic rings. The number of nitriles is 1. The topological polar surface area (TPSA) is 50.1 Å². The third kappa shape index (κ3) is 5.43. The Morgan fingerprint density at radius 1 is 1.29 bits per heavy atom. The Labute approximate surface area is 130 Å². The van der Waals surface area contributed by atoms with E-state index in [4.69, 9.17) is 10.00 Å². The number of carbonyl (C=O) groups excluding carboxylic acids is 1. The normalized spacial score (nSPS) is 21.5. The summed E-state index contributed by atoms with van der Waals surface area (Å²) in [5.41, 5.74) is 1.79. The summed E-state index contributed by atoms with van der Waals surface area (Å²) < 4.78 is 5.51. The Morgan fingerprint density at radius 3 is 2.57 bits per heavy atom. The van der Waals surface area contributed by atoms with E-state index in [2.05, 4.69) is 13.0 Å². The Balaban J connectivity index is 1.65. The largest absolute Gasteiger partial charge is 0.462 e. The van der Waals surface area contributed by atoms with E-state index in [1.165, 1.54) is 0 Å². The van der Waals surface area contributed by atoms with Crippen molar-refractivity contribution >= 4 is 17.7 Å². The van der Waals surface area contributed by atoms with Crippen molar-refractivity contribution in [3.05, 3.63) is 35.4 Å². The smallest absolute Gasteiger partial charge is 0.316 e. The maximum atomic E-state index is 11.8. The number of thioether (sulfide) groups is 1. The highest BCUT2D eigenvalue weighted by molar-refractivity contribution is 7.99. The quantitative estimate of drug-likeness (QED) is 0.774. The highest BCUT2D eigenvalue weighted by Crippen LogP contribution is 2.26. The van der Waals surface area contributed by atoms with E-state index in [1.54, 1.807) is 23.9 Å². The fourth-order valence-corrected chi connectivity index (χ4v) is 3.26. The second-order valence-electron chi connectivity index (χ2n) is 5.67. The lowest BCUT2D eigenvalue weighted by Crippen LogP contribution is -2.24. The highest BCUT2D eigenvalue weighted by atomic mass is 32.2. The predicted octanol–water partition coefficient (Wildman–Crippen LogP) is 3.91. The van der Waals surface area contributed by atoms with E-state index in [0.717, 1.165) is 42.9 Å². The minimum atomic E-state index is -0.104. The predicted molar refractivity (Wildman–Crippen MR) is 84.8 cm³/mol. The van der Waals surface area contributed by atoms with E-state index >= 15 is 0 Å². The van der Waals surface area contributed by atoms with Gasteiger partial charge in [0.05, 0.1) is 17.4 Å². The van der Waals surface area contributed by atoms with Crippen molar-refractivity contribution in [3.63, 3.8) is 0 Å². The van der Waals surface area contributed by atoms with Gasteiger partial charge in [-0.05, 0) is 49.3 Å². The van der Waals surface area contributed by atoms with Crippen LogP contribution in [0.2, 0.25) is 0 Å². The Hall–Kier alpha value is -1.47. The molecule has 0 amide bonds. The second-order valence-corrected chi connectivity index (χ2v) is 6.66. The van der Waals surface area contributed by atoms with Gasteiger partial charge in [0.25, 0.3) is 0 Å². The molecule has 0 spiro atoms. The van der Waals surface area contributed by atoms with Crippen LogP contribution in [0.25, 0.3) is 0 Å². The second kappa shape index (κ2) is 8.09. The zero-order valence-corrected chi connectivity index (χ0v) is 13.2. The molecule has 21 heavy (non-hydrogen) atoms. The van der Waals surface area contributed by atoms with Gasteiger partial charge >= 0.3 is 5.97 Å². The van der Waals surface area contributed by atoms with Crippen molar-refractivity contribution < 1.29 is 9.53 Å². The zero-order valence-electron chi connectivity index (χ0n) is 12.4. The van der Waals surface area contributed by atoms with Gasteiger partial charge in [0, 0.05) is 5.75 Å². The maximum absolute atomic E-state index is 11.8. The Bertz CT molecular complexity index is 499. The summed E-state index contributed by atoms with van der Waals surface area (Å²) in [5, 5.41) is 8.73. The molecule has 0 N–H and O–H groups in total. The number of hydrogen-bond donors (Lipinski definition) is 0. The fraction of sp³-hybridized carbons (Fsp3) is 0.529. The molecule has 0 aromatic heterocycles. The first-order chi connectivity index (χ1) is 10.2. The highest BCUT2D eigenvalue weighted by Gasteiger charge is 2.21. The minimum Gasteiger partial charge on any atom is -0.462 e. The molecule has 0 heterocycles. The van der Waals surface area contributed by atoms with Gasteiger partial charge in [-0.3, -0.25) is 4.79 Å². The molecular weight excluding hydrogens is 282 g/mol. The number of ether oxygens (including phenoxy) is 1. The van der Waals surface area contributed by atoms with Gasteiger partial charge in [-0.15, -0.1) is 11.8 Å². The van der Waals surface area contributed by atoms with E-state index in [9.17, 15) is 4.79 Å². The number of nitrogens with zero attached hydrogens (tertiary/aromatic N) is 1. The summed E-state index contributed by atoms with van der Waals surface area (Å²) in [4.78, 5) is 11.8. The third-order valence-corrected chi connectivity index (χ3v) is 4.81. The number of benzene rings is 1. The van der Waals surface area contributed by atoms with Crippen LogP contribution in [0.1, 0.15) is 43.7 Å². The van der Waals surface area contributed by atoms with Gasteiger partial charge < -0.3 is 4.74 Å². The van der Waals surface area contributed by atoms with Gasteiger partial charge in [0.2, 0.25) is 0 Å². The minimum absolute atomic E-state index is 0.104. The lowest BCUT2D eigenvalue weighted by molar-refractivity contribution is -0.147. The third-order valence-electron chi connectivity index (χ3n) is 3.83. The molecule has 0 bridgehead atoms. The summed E-state index contributed by atoms with van der Waals surface area (Å²) in [7, 11) is 0. The summed E-state index contributed by atoms with van der Waals surface area (Å²) in [6.07, 6.45) is 4.47. The molecule has 1 aromatic rings. The van der Waals surface area contributed by atoms with Crippen LogP contribution < -0.4 is 0 Å². The van der Waals surface area contributed by atoms with Crippen LogP contribution in [0.4, 0.5) is 0 Å². The van der Waals surface area contributed by atoms with E-state index in [0.29, 0.717) is 11.3 Å². The first-order valence-corrected chi connectivity index (χ1v) is 8.59. The van der Waals surface area contributed by atoms with Crippen molar-refractivity contribution in [1.82, 2.24) is 0 Å². The van der Waals surface area contributed by atoms with Crippen LogP contribution in [-0.4, -0.2) is 17.8 Å². The van der Waals surface area contributed by atoms with E-state index < -0.39 is 0 Å². The SMILES string of the molecule is CC1CCC(OC(=O)CSCc2ccc(C#N)cc2)CC1. The molecular formula is C17H21NO2S. The average molecular weight is 303 g/mol. The molecule has 4 heteroatoms. The van der Waals surface area contributed by atoms with Crippen LogP contribution >= 0.6 is 11.8 Å². The first-order valence-electron chi connectivity index (χ1n) is 7.43. The average Bonchev–Trinajstić information content (AvgIpc) is 2.50. The van der Waals surface area contributed by atoms with Crippen molar-refractivity contribution in [2.24, 2.45) is 5.92 Å². The van der Waals surface area contributed by atoms with Gasteiger partial charge in [-0.2, -0.15) is 5.26 Å². The number of hydrogen-bond acceptors (Lipinski definition) is 4. The molecule has 0 radical (unpaired) electrons. The molecule has 3 nitrogen and oxygen atoms in total. The van der Waals surface area contributed by atoms with E-state index in [-0.39, 0.29) is 12.1 Å². The van der Waals surface area contributed by atoms with Crippen molar-refractivity contribution in [2.75, 3.05) is 5.75 Å². The monoisotopic (exact) mass is 303 g/mol. The van der Waals surface area contributed by atoms with Crippen LogP contribution in [0.3, 0.4) is 0 Å². The van der Waals surface area contributed by atoms with Gasteiger partial charge in [0.15, 0.2) is 0 Å². The molecule has 112 valence electrons. The molecule has 0 atom stereocenters. The number of rotatable bonds is 5. The first kappa shape index (κ1) is 15.9. The van der Waals surface area contributed by atoms with E-state index in [1.807, 2.05) is 12.1 Å². The molecule has 0 aliphatic heterocycles. The molecule has 1 aromatic carbocycles. The lowest BCUT2D eigenvalue weighted by atomic mass is 9.89. The standard InChI is InChI=1S/C17H21NO2S/c1-13-2-8-16(9-3-13)20-17(19)12-21-11-15-6-4-14(10-18)5-7-15/h4-7,13,16H,2-3,8-9,11-12H2,1H3. The number of esters is 1. The van der Waals surface area contributed by atoms with Gasteiger partial charge in [-0.1, -0.05) is 19.1 Å². The van der Waals surface area contributed by atoms with Gasteiger partial charge in [0.1, 0.15) is 6.10 Å². The summed E-state index contributed by atoms with van der Waals surface area (Å²) >= 11 is 1.56. The molecule has 0 unspecified atom stereocenters. The lowest BCUT2D eigenvalue weighted by Gasteiger charge is -2.25. The zero-order chi connectivity index (χ0) is 15.1. The van der Waals surface area contributed by atoms with Gasteiger partial charge in [-0.25, -0.2) is 0 Å². The van der Waals surface area contributed by atoms with Crippen molar-refractivity contribution in [1.29, 1.82) is 5.26 Å². The summed E-state index contributed by atoms with van der Waals surface area (Å²) in [5.74, 6) is 1.83. The summed E-state index contributed by atoms with van der Waals surface area (Å²) in [6, 6.07) is 9.56. The Kier molecular flexibility index (Phi) is 6.13. The fourth-order valence-electron chi connectivity index (χ4n) is 2.49. The van der Waals surface area contributed by atoms with Crippen LogP contribution in [0, 0.1) is 17.2 Å². The number of carbonyl (C=O) groups is 1. The molecule has 1 fully saturated rings. The van der Waals surface area contributed by atoms with Crippen LogP contribution in [0.15, 0.2) is 24.3 Å². The van der Waals surface area contributed by atoms with Crippen molar-refractivity contribution in [2.45, 2.75) is 44.5 Å². The molecule has 1 aliphatic carbocycles. The molecule has 1 saturated carbocycles. The summed E-state index contributed by atoms with van der Waals surface area (Å²) in [6.45, 7) is 2.26. The van der Waals surface area contributed by atoms with Crippen LogP contribution in [-0.2, 0) is 15.3 Å². The van der Waals surface area contributed by atoms with Crippen molar-refractivity contribution in [3.8, 4) is 6.07 Å².